The molecule has 0 aliphatic carbocycles. The molecule has 40 heavy (non-hydrogen) atoms. The number of rotatable bonds is 13. The number of hydrogen-bond donors (Lipinski definition) is 1. The number of para-hydroxylation sites is 1. The molecule has 0 fully saturated rings. The number of nitrogens with zero attached hydrogens (tertiary/aromatic N) is 2. The van der Waals surface area contributed by atoms with E-state index in [4.69, 9.17) is 34.8 Å². The first kappa shape index (κ1) is 31.7. The molecular formula is C29H32Cl3N3O4S. The summed E-state index contributed by atoms with van der Waals surface area (Å²) in [5.74, 6) is -0.883. The van der Waals surface area contributed by atoms with Crippen molar-refractivity contribution in [1.82, 2.24) is 10.2 Å². The quantitative estimate of drug-likeness (QED) is 0.218. The molecule has 0 saturated heterocycles. The fourth-order valence-electron chi connectivity index (χ4n) is 4.12. The highest BCUT2D eigenvalue weighted by atomic mass is 35.5. The van der Waals surface area contributed by atoms with Gasteiger partial charge in [0, 0.05) is 28.2 Å². The van der Waals surface area contributed by atoms with Crippen molar-refractivity contribution < 1.29 is 18.0 Å². The molecule has 3 rings (SSSR count). The molecule has 2 amide bonds. The van der Waals surface area contributed by atoms with E-state index >= 15 is 0 Å². The van der Waals surface area contributed by atoms with Crippen molar-refractivity contribution in [3.63, 3.8) is 0 Å². The third kappa shape index (κ3) is 8.13. The van der Waals surface area contributed by atoms with E-state index in [2.05, 4.69) is 5.32 Å². The normalized spacial score (nSPS) is 12.0. The number of sulfonamides is 1. The zero-order chi connectivity index (χ0) is 29.3. The second kappa shape index (κ2) is 14.7. The lowest BCUT2D eigenvalue weighted by Gasteiger charge is -2.33. The summed E-state index contributed by atoms with van der Waals surface area (Å²) < 4.78 is 28.6. The molecule has 0 aliphatic heterocycles. The zero-order valence-electron chi connectivity index (χ0n) is 22.3. The molecule has 3 aromatic rings. The first-order valence-corrected chi connectivity index (χ1v) is 15.5. The Morgan fingerprint density at radius 2 is 1.55 bits per heavy atom. The first-order valence-electron chi connectivity index (χ1n) is 12.9. The Morgan fingerprint density at radius 1 is 0.900 bits per heavy atom. The molecule has 0 saturated carbocycles. The molecule has 11 heteroatoms. The molecule has 0 aromatic heterocycles. The molecule has 0 aliphatic rings. The number of halogens is 3. The topological polar surface area (TPSA) is 86.8 Å². The van der Waals surface area contributed by atoms with Crippen LogP contribution in [0.3, 0.4) is 0 Å². The average molecular weight is 625 g/mol. The Labute approximate surface area is 251 Å². The molecule has 0 radical (unpaired) electrons. The van der Waals surface area contributed by atoms with Gasteiger partial charge in [0.25, 0.3) is 10.0 Å². The van der Waals surface area contributed by atoms with Crippen molar-refractivity contribution >= 4 is 62.3 Å². The fraction of sp³-hybridized carbons (Fsp3) is 0.310. The summed E-state index contributed by atoms with van der Waals surface area (Å²) in [4.78, 5) is 28.6. The van der Waals surface area contributed by atoms with Crippen LogP contribution in [0.5, 0.6) is 0 Å². The smallest absolute Gasteiger partial charge is 0.264 e. The van der Waals surface area contributed by atoms with Gasteiger partial charge < -0.3 is 10.2 Å². The Hall–Kier alpha value is -2.78. The summed E-state index contributed by atoms with van der Waals surface area (Å²) >= 11 is 18.5. The van der Waals surface area contributed by atoms with Crippen LogP contribution in [-0.4, -0.2) is 44.3 Å². The zero-order valence-corrected chi connectivity index (χ0v) is 25.4. The highest BCUT2D eigenvalue weighted by Crippen LogP contribution is 2.27. The highest BCUT2D eigenvalue weighted by Gasteiger charge is 2.33. The predicted octanol–water partition coefficient (Wildman–Crippen LogP) is 6.57. The van der Waals surface area contributed by atoms with E-state index in [0.717, 1.165) is 17.1 Å². The summed E-state index contributed by atoms with van der Waals surface area (Å²) in [6, 6.07) is 18.1. The maximum absolute atomic E-state index is 14.0. The number of carbonyl (C=O) groups excluding carboxylic acids is 2. The van der Waals surface area contributed by atoms with Crippen LogP contribution in [0.4, 0.5) is 5.69 Å². The van der Waals surface area contributed by atoms with Gasteiger partial charge in [-0.3, -0.25) is 13.9 Å². The number of hydrogen-bond acceptors (Lipinski definition) is 4. The van der Waals surface area contributed by atoms with Gasteiger partial charge in [-0.05, 0) is 66.9 Å². The van der Waals surface area contributed by atoms with E-state index in [9.17, 15) is 18.0 Å². The number of unbranched alkanes of at least 4 members (excludes halogenated alkanes) is 1. The van der Waals surface area contributed by atoms with E-state index in [0.29, 0.717) is 39.3 Å². The second-order valence-corrected chi connectivity index (χ2v) is 12.3. The lowest BCUT2D eigenvalue weighted by atomic mass is 10.1. The van der Waals surface area contributed by atoms with Crippen molar-refractivity contribution in [3.8, 4) is 0 Å². The summed E-state index contributed by atoms with van der Waals surface area (Å²) in [5.41, 5.74) is 0.877. The van der Waals surface area contributed by atoms with Crippen LogP contribution < -0.4 is 9.62 Å². The van der Waals surface area contributed by atoms with E-state index < -0.39 is 28.5 Å². The summed E-state index contributed by atoms with van der Waals surface area (Å²) in [5, 5.41) is 4.04. The number of benzene rings is 3. The van der Waals surface area contributed by atoms with Gasteiger partial charge in [0.1, 0.15) is 12.6 Å². The van der Waals surface area contributed by atoms with E-state index in [1.165, 1.54) is 29.2 Å². The second-order valence-electron chi connectivity index (χ2n) is 9.13. The van der Waals surface area contributed by atoms with Crippen LogP contribution in [0.2, 0.25) is 15.1 Å². The minimum Gasteiger partial charge on any atom is -0.354 e. The fourth-order valence-corrected chi connectivity index (χ4v) is 6.12. The van der Waals surface area contributed by atoms with Gasteiger partial charge in [0.15, 0.2) is 0 Å². The van der Waals surface area contributed by atoms with E-state index in [-0.39, 0.29) is 17.3 Å². The van der Waals surface area contributed by atoms with E-state index in [1.54, 1.807) is 55.5 Å². The largest absolute Gasteiger partial charge is 0.354 e. The summed E-state index contributed by atoms with van der Waals surface area (Å²) in [6.45, 7) is 3.72. The molecule has 0 spiro atoms. The number of amides is 2. The van der Waals surface area contributed by atoms with Crippen LogP contribution in [0.15, 0.2) is 77.7 Å². The van der Waals surface area contributed by atoms with Gasteiger partial charge in [-0.15, -0.1) is 0 Å². The van der Waals surface area contributed by atoms with E-state index in [1.807, 2.05) is 6.92 Å². The van der Waals surface area contributed by atoms with Crippen molar-refractivity contribution in [2.45, 2.75) is 50.6 Å². The number of nitrogens with one attached hydrogen (secondary N) is 1. The minimum atomic E-state index is -4.17. The average Bonchev–Trinajstić information content (AvgIpc) is 2.93. The third-order valence-electron chi connectivity index (χ3n) is 6.30. The van der Waals surface area contributed by atoms with Crippen LogP contribution in [0, 0.1) is 0 Å². The van der Waals surface area contributed by atoms with Gasteiger partial charge in [0.05, 0.1) is 10.6 Å². The van der Waals surface area contributed by atoms with Gasteiger partial charge in [0.2, 0.25) is 11.8 Å². The number of carbonyl (C=O) groups is 2. The molecular weight excluding hydrogens is 593 g/mol. The van der Waals surface area contributed by atoms with Crippen LogP contribution >= 0.6 is 34.8 Å². The van der Waals surface area contributed by atoms with Gasteiger partial charge in [-0.1, -0.05) is 79.3 Å². The summed E-state index contributed by atoms with van der Waals surface area (Å²) in [7, 11) is -4.17. The Morgan fingerprint density at radius 3 is 2.15 bits per heavy atom. The maximum Gasteiger partial charge on any atom is 0.264 e. The van der Waals surface area contributed by atoms with Crippen molar-refractivity contribution in [2.24, 2.45) is 0 Å². The molecule has 3 aromatic carbocycles. The summed E-state index contributed by atoms with van der Waals surface area (Å²) in [6.07, 6.45) is 2.00. The molecule has 1 unspecified atom stereocenters. The lowest BCUT2D eigenvalue weighted by molar-refractivity contribution is -0.140. The van der Waals surface area contributed by atoms with Crippen molar-refractivity contribution in [3.05, 3.63) is 93.4 Å². The van der Waals surface area contributed by atoms with Crippen LogP contribution in [0.1, 0.15) is 38.7 Å². The Kier molecular flexibility index (Phi) is 11.7. The number of anilines is 1. The Balaban J connectivity index is 2.03. The maximum atomic E-state index is 14.0. The minimum absolute atomic E-state index is 0.0157. The first-order chi connectivity index (χ1) is 19.1. The van der Waals surface area contributed by atoms with Crippen molar-refractivity contribution in [1.29, 1.82) is 0 Å². The molecule has 0 bridgehead atoms. The molecule has 1 atom stereocenters. The third-order valence-corrected chi connectivity index (χ3v) is 8.92. The monoisotopic (exact) mass is 623 g/mol. The van der Waals surface area contributed by atoms with Crippen molar-refractivity contribution in [2.75, 3.05) is 17.4 Å². The van der Waals surface area contributed by atoms with Gasteiger partial charge in [-0.2, -0.15) is 0 Å². The van der Waals surface area contributed by atoms with Crippen LogP contribution in [0.25, 0.3) is 0 Å². The standard InChI is InChI=1S/C29H32Cl3N3O4S/c1-3-5-17-33-29(37)27(4-2)34(19-21-11-12-23(31)18-26(21)32)28(36)20-35(24-9-7-6-8-10-24)40(38,39)25-15-13-22(30)14-16-25/h6-16,18,27H,3-5,17,19-20H2,1-2H3,(H,33,37). The molecule has 7 nitrogen and oxygen atoms in total. The lowest BCUT2D eigenvalue weighted by Crippen LogP contribution is -2.52. The molecule has 0 heterocycles. The van der Waals surface area contributed by atoms with Crippen LogP contribution in [-0.2, 0) is 26.2 Å². The molecule has 1 N–H and O–H groups in total. The highest BCUT2D eigenvalue weighted by molar-refractivity contribution is 7.92. The van der Waals surface area contributed by atoms with Gasteiger partial charge >= 0.3 is 0 Å². The molecule has 214 valence electrons. The predicted molar refractivity (Wildman–Crippen MR) is 161 cm³/mol. The Bertz CT molecular complexity index is 1400. The van der Waals surface area contributed by atoms with Gasteiger partial charge in [-0.25, -0.2) is 8.42 Å². The SMILES string of the molecule is CCCCNC(=O)C(CC)N(Cc1ccc(Cl)cc1Cl)C(=O)CN(c1ccccc1)S(=O)(=O)c1ccc(Cl)cc1.